The van der Waals surface area contributed by atoms with Gasteiger partial charge in [-0.15, -0.1) is 0 Å². The first-order chi connectivity index (χ1) is 11.7. The van der Waals surface area contributed by atoms with E-state index in [1.165, 1.54) is 14.2 Å². The van der Waals surface area contributed by atoms with Crippen molar-refractivity contribution in [3.05, 3.63) is 41.0 Å². The lowest BCUT2D eigenvalue weighted by Gasteiger charge is -2.49. The molecule has 1 aromatic carbocycles. The van der Waals surface area contributed by atoms with Gasteiger partial charge in [-0.05, 0) is 30.0 Å². The van der Waals surface area contributed by atoms with E-state index in [-0.39, 0.29) is 10.1 Å². The summed E-state index contributed by atoms with van der Waals surface area (Å²) in [6.45, 7) is 3.89. The molecule has 0 aliphatic heterocycles. The minimum absolute atomic E-state index is 0.0151. The Balaban J connectivity index is 2.41. The first kappa shape index (κ1) is 18.5. The normalized spacial score (nSPS) is 33.5. The Morgan fingerprint density at radius 3 is 2.44 bits per heavy atom. The minimum atomic E-state index is -1.05. The summed E-state index contributed by atoms with van der Waals surface area (Å²) in [7, 11) is 2.72. The number of ether oxygens (including phenoxy) is 2. The van der Waals surface area contributed by atoms with Crippen LogP contribution in [-0.4, -0.2) is 36.2 Å². The number of esters is 2. The summed E-state index contributed by atoms with van der Waals surface area (Å²) in [6, 6.07) is 7.77. The Hall–Kier alpha value is -1.27. The van der Waals surface area contributed by atoms with Crippen molar-refractivity contribution in [2.24, 2.45) is 5.41 Å². The average Bonchev–Trinajstić information content (AvgIpc) is 2.88. The summed E-state index contributed by atoms with van der Waals surface area (Å²) < 4.78 is 10.2. The fraction of sp³-hybridized carbons (Fsp3) is 0.474. The monoisotopic (exact) mass is 424 g/mol. The Morgan fingerprint density at radius 2 is 1.84 bits per heavy atom. The molecule has 4 unspecified atom stereocenters. The lowest BCUT2D eigenvalue weighted by molar-refractivity contribution is -0.150. The van der Waals surface area contributed by atoms with Gasteiger partial charge in [0.25, 0.3) is 0 Å². The van der Waals surface area contributed by atoms with E-state index in [4.69, 9.17) is 22.1 Å². The van der Waals surface area contributed by atoms with Crippen LogP contribution in [0.25, 0.3) is 5.57 Å². The number of rotatable bonds is 2. The van der Waals surface area contributed by atoms with E-state index < -0.39 is 22.8 Å². The molecule has 0 amide bonds. The van der Waals surface area contributed by atoms with Gasteiger partial charge in [-0.1, -0.05) is 47.1 Å². The molecule has 4 nitrogen and oxygen atoms in total. The van der Waals surface area contributed by atoms with E-state index >= 15 is 0 Å². The quantitative estimate of drug-likeness (QED) is 0.448. The lowest BCUT2D eigenvalue weighted by atomic mass is 9.58. The molecule has 2 aliphatic carbocycles. The van der Waals surface area contributed by atoms with E-state index in [9.17, 15) is 9.59 Å². The third-order valence-corrected chi connectivity index (χ3v) is 7.79. The Labute approximate surface area is 161 Å². The van der Waals surface area contributed by atoms with E-state index in [0.717, 1.165) is 23.1 Å². The SMILES string of the molecule is COC(=O)C1=C2C(C)(CC(Br)C(S)C2(C)C(=O)OC)c2ccccc21. The number of thiol groups is 1. The molecule has 0 saturated heterocycles. The van der Waals surface area contributed by atoms with Crippen molar-refractivity contribution in [1.29, 1.82) is 0 Å². The van der Waals surface area contributed by atoms with Crippen molar-refractivity contribution in [3.63, 3.8) is 0 Å². The van der Waals surface area contributed by atoms with E-state index in [2.05, 4.69) is 22.9 Å². The topological polar surface area (TPSA) is 52.6 Å². The maximum atomic E-state index is 12.9. The van der Waals surface area contributed by atoms with Crippen molar-refractivity contribution in [2.75, 3.05) is 14.2 Å². The van der Waals surface area contributed by atoms with Gasteiger partial charge in [0.2, 0.25) is 0 Å². The Bertz CT molecular complexity index is 789. The highest BCUT2D eigenvalue weighted by Gasteiger charge is 2.62. The van der Waals surface area contributed by atoms with Crippen molar-refractivity contribution in [3.8, 4) is 0 Å². The molecule has 25 heavy (non-hydrogen) atoms. The van der Waals surface area contributed by atoms with Crippen molar-refractivity contribution >= 4 is 46.1 Å². The number of hydrogen-bond donors (Lipinski definition) is 1. The van der Waals surface area contributed by atoms with Gasteiger partial charge >= 0.3 is 11.9 Å². The van der Waals surface area contributed by atoms with Crippen molar-refractivity contribution in [2.45, 2.75) is 35.8 Å². The molecule has 0 bridgehead atoms. The lowest BCUT2D eigenvalue weighted by Crippen LogP contribution is -2.54. The van der Waals surface area contributed by atoms with Crippen molar-refractivity contribution in [1.82, 2.24) is 0 Å². The molecule has 3 rings (SSSR count). The summed E-state index contributed by atoms with van der Waals surface area (Å²) >= 11 is 8.43. The molecule has 0 spiro atoms. The van der Waals surface area contributed by atoms with Gasteiger partial charge < -0.3 is 9.47 Å². The standard InChI is InChI=1S/C19H21BrO4S/c1-18-9-12(20)15(25)19(2,17(22)24-4)14(18)13(16(21)23-3)10-7-5-6-8-11(10)18/h5-8,12,15,25H,9H2,1-4H3. The Kier molecular flexibility index (Phi) is 4.57. The van der Waals surface area contributed by atoms with Gasteiger partial charge in [-0.3, -0.25) is 4.79 Å². The summed E-state index contributed by atoms with van der Waals surface area (Å²) in [5.74, 6) is -0.832. The molecule has 0 heterocycles. The van der Waals surface area contributed by atoms with Gasteiger partial charge in [0.15, 0.2) is 0 Å². The zero-order valence-electron chi connectivity index (χ0n) is 14.6. The molecule has 2 aliphatic rings. The van der Waals surface area contributed by atoms with Gasteiger partial charge in [0.05, 0.1) is 19.8 Å². The molecule has 6 heteroatoms. The fourth-order valence-electron chi connectivity index (χ4n) is 4.53. The third-order valence-electron chi connectivity index (χ3n) is 5.65. The zero-order chi connectivity index (χ0) is 18.6. The summed E-state index contributed by atoms with van der Waals surface area (Å²) in [5, 5.41) is -0.336. The summed E-state index contributed by atoms with van der Waals surface area (Å²) in [6.07, 6.45) is 0.723. The smallest absolute Gasteiger partial charge is 0.338 e. The predicted molar refractivity (Wildman–Crippen MR) is 103 cm³/mol. The minimum Gasteiger partial charge on any atom is -0.468 e. The predicted octanol–water partition coefficient (Wildman–Crippen LogP) is 3.53. The zero-order valence-corrected chi connectivity index (χ0v) is 17.1. The highest BCUT2D eigenvalue weighted by Crippen LogP contribution is 2.62. The molecule has 0 radical (unpaired) electrons. The first-order valence-corrected chi connectivity index (χ1v) is 9.50. The highest BCUT2D eigenvalue weighted by molar-refractivity contribution is 9.09. The van der Waals surface area contributed by atoms with Crippen LogP contribution in [0.3, 0.4) is 0 Å². The van der Waals surface area contributed by atoms with Crippen LogP contribution in [0.1, 0.15) is 31.4 Å². The van der Waals surface area contributed by atoms with Gasteiger partial charge in [-0.2, -0.15) is 12.6 Å². The number of methoxy groups -OCH3 is 2. The van der Waals surface area contributed by atoms with Crippen LogP contribution >= 0.6 is 28.6 Å². The van der Waals surface area contributed by atoms with Crippen LogP contribution in [-0.2, 0) is 24.5 Å². The molecular weight excluding hydrogens is 404 g/mol. The van der Waals surface area contributed by atoms with Crippen LogP contribution in [0.5, 0.6) is 0 Å². The second kappa shape index (κ2) is 6.16. The van der Waals surface area contributed by atoms with Crippen LogP contribution in [0.2, 0.25) is 0 Å². The molecule has 0 N–H and O–H groups in total. The third kappa shape index (κ3) is 2.33. The number of fused-ring (bicyclic) bond motifs is 3. The maximum absolute atomic E-state index is 12.9. The molecule has 1 aromatic rings. The number of carbonyl (C=O) groups excluding carboxylic acids is 2. The largest absolute Gasteiger partial charge is 0.468 e. The second-order valence-electron chi connectivity index (χ2n) is 6.98. The molecule has 134 valence electrons. The first-order valence-electron chi connectivity index (χ1n) is 8.07. The van der Waals surface area contributed by atoms with Crippen LogP contribution in [0.15, 0.2) is 29.8 Å². The van der Waals surface area contributed by atoms with E-state index in [0.29, 0.717) is 5.57 Å². The molecular formula is C19H21BrO4S. The fourth-order valence-corrected chi connectivity index (χ4v) is 6.05. The second-order valence-corrected chi connectivity index (χ2v) is 8.71. The Morgan fingerprint density at radius 1 is 1.20 bits per heavy atom. The van der Waals surface area contributed by atoms with Crippen LogP contribution in [0, 0.1) is 5.41 Å². The number of benzene rings is 1. The van der Waals surface area contributed by atoms with E-state index in [1.807, 2.05) is 31.2 Å². The van der Waals surface area contributed by atoms with Gasteiger partial charge in [-0.25, -0.2) is 4.79 Å². The average molecular weight is 425 g/mol. The van der Waals surface area contributed by atoms with Crippen LogP contribution in [0.4, 0.5) is 0 Å². The summed E-state index contributed by atoms with van der Waals surface area (Å²) in [5.41, 5.74) is 1.54. The number of halogens is 1. The highest BCUT2D eigenvalue weighted by atomic mass is 79.9. The molecule has 0 aromatic heterocycles. The summed E-state index contributed by atoms with van der Waals surface area (Å²) in [4.78, 5) is 25.5. The molecule has 4 atom stereocenters. The maximum Gasteiger partial charge on any atom is 0.338 e. The van der Waals surface area contributed by atoms with Gasteiger partial charge in [0.1, 0.15) is 5.41 Å². The van der Waals surface area contributed by atoms with Gasteiger partial charge in [0, 0.05) is 15.5 Å². The van der Waals surface area contributed by atoms with Crippen LogP contribution < -0.4 is 0 Å². The van der Waals surface area contributed by atoms with Crippen molar-refractivity contribution < 1.29 is 19.1 Å². The van der Waals surface area contributed by atoms with E-state index in [1.54, 1.807) is 0 Å². The number of carbonyl (C=O) groups is 2. The molecule has 1 fully saturated rings. The molecule has 1 saturated carbocycles. The number of hydrogen-bond acceptors (Lipinski definition) is 5. The number of alkyl halides is 1.